The number of ether oxygens (including phenoxy) is 1. The molecular formula is C19H18ClFN4O5S2. The average molecular weight is 501 g/mol. The van der Waals surface area contributed by atoms with Gasteiger partial charge in [0, 0.05) is 17.6 Å². The molecule has 0 fully saturated rings. The highest BCUT2D eigenvalue weighted by molar-refractivity contribution is 7.93. The summed E-state index contributed by atoms with van der Waals surface area (Å²) in [6.45, 7) is 0.362. The van der Waals surface area contributed by atoms with E-state index in [9.17, 15) is 17.6 Å². The monoisotopic (exact) mass is 500 g/mol. The van der Waals surface area contributed by atoms with E-state index in [0.29, 0.717) is 25.1 Å². The topological polar surface area (TPSA) is 131 Å². The molecule has 0 bridgehead atoms. The molecule has 170 valence electrons. The number of halogens is 2. The van der Waals surface area contributed by atoms with Crippen molar-refractivity contribution < 1.29 is 27.4 Å². The van der Waals surface area contributed by atoms with Crippen molar-refractivity contribution in [2.75, 3.05) is 17.8 Å². The molecule has 0 aliphatic carbocycles. The Kier molecular flexibility index (Phi) is 7.96. The summed E-state index contributed by atoms with van der Waals surface area (Å²) >= 11 is 7.00. The third-order valence-electron chi connectivity index (χ3n) is 4.13. The van der Waals surface area contributed by atoms with E-state index in [0.717, 1.165) is 29.2 Å². The first kappa shape index (κ1) is 23.9. The lowest BCUT2D eigenvalue weighted by atomic mass is 10.1. The zero-order valence-corrected chi connectivity index (χ0v) is 18.8. The van der Waals surface area contributed by atoms with Gasteiger partial charge in [-0.25, -0.2) is 17.8 Å². The molecular weight excluding hydrogens is 483 g/mol. The molecule has 0 amide bonds. The van der Waals surface area contributed by atoms with Crippen LogP contribution in [0.15, 0.2) is 47.6 Å². The third-order valence-corrected chi connectivity index (χ3v) is 6.49. The van der Waals surface area contributed by atoms with Gasteiger partial charge < -0.3 is 15.2 Å². The first-order valence-electron chi connectivity index (χ1n) is 9.23. The molecule has 0 radical (unpaired) electrons. The van der Waals surface area contributed by atoms with Gasteiger partial charge >= 0.3 is 5.97 Å². The summed E-state index contributed by atoms with van der Waals surface area (Å²) in [5.74, 6) is -1.60. The van der Waals surface area contributed by atoms with Crippen LogP contribution in [0.4, 0.5) is 9.52 Å². The molecule has 0 aliphatic heterocycles. The largest absolute Gasteiger partial charge is 0.480 e. The second-order valence-corrected chi connectivity index (χ2v) is 9.29. The highest BCUT2D eigenvalue weighted by Gasteiger charge is 2.23. The summed E-state index contributed by atoms with van der Waals surface area (Å²) in [6.07, 6.45) is 2.38. The van der Waals surface area contributed by atoms with Crippen LogP contribution in [-0.4, -0.2) is 41.9 Å². The number of carboxylic acids is 1. The maximum absolute atomic E-state index is 14.7. The predicted molar refractivity (Wildman–Crippen MR) is 117 cm³/mol. The van der Waals surface area contributed by atoms with Crippen LogP contribution in [0.1, 0.15) is 12.0 Å². The number of sulfonamides is 1. The summed E-state index contributed by atoms with van der Waals surface area (Å²) < 4.78 is 51.2. The van der Waals surface area contributed by atoms with Gasteiger partial charge in [0.15, 0.2) is 0 Å². The zero-order valence-electron chi connectivity index (χ0n) is 16.4. The molecule has 0 saturated heterocycles. The maximum Gasteiger partial charge on any atom is 0.317 e. The molecule has 3 N–H and O–H groups in total. The highest BCUT2D eigenvalue weighted by Crippen LogP contribution is 2.35. The molecule has 0 saturated carbocycles. The standard InChI is InChI=1S/C19H18ClFN4O5S2/c20-13-8-17(32(28,29)25-19-23-11-24-31-19)14(21)9-16(13)30-15-6-2-1-4-12(15)5-3-7-22-10-18(26)27/h1-2,4,6,8-9,11,22H,3,5,7,10H2,(H,26,27)(H,23,24,25). The molecule has 3 rings (SSSR count). The molecule has 2 aromatic carbocycles. The van der Waals surface area contributed by atoms with Gasteiger partial charge in [0.25, 0.3) is 10.0 Å². The van der Waals surface area contributed by atoms with Gasteiger partial charge in [0.2, 0.25) is 5.13 Å². The normalized spacial score (nSPS) is 11.3. The lowest BCUT2D eigenvalue weighted by Crippen LogP contribution is -2.23. The van der Waals surface area contributed by atoms with E-state index in [-0.39, 0.29) is 22.4 Å². The molecule has 1 aromatic heterocycles. The number of rotatable bonds is 11. The van der Waals surface area contributed by atoms with Gasteiger partial charge in [0.05, 0.1) is 11.6 Å². The summed E-state index contributed by atoms with van der Waals surface area (Å²) in [6, 6.07) is 8.91. The number of aliphatic carboxylic acids is 1. The van der Waals surface area contributed by atoms with Crippen LogP contribution in [0.25, 0.3) is 0 Å². The average Bonchev–Trinajstić information content (AvgIpc) is 3.23. The van der Waals surface area contributed by atoms with E-state index in [1.54, 1.807) is 12.1 Å². The number of carbonyl (C=O) groups is 1. The first-order chi connectivity index (χ1) is 15.3. The number of hydrogen-bond donors (Lipinski definition) is 3. The van der Waals surface area contributed by atoms with E-state index in [4.69, 9.17) is 21.4 Å². The molecule has 9 nitrogen and oxygen atoms in total. The van der Waals surface area contributed by atoms with Crippen molar-refractivity contribution in [2.45, 2.75) is 17.7 Å². The Morgan fingerprint density at radius 1 is 1.25 bits per heavy atom. The first-order valence-corrected chi connectivity index (χ1v) is 11.9. The maximum atomic E-state index is 14.7. The summed E-state index contributed by atoms with van der Waals surface area (Å²) in [4.78, 5) is 13.6. The fourth-order valence-corrected chi connectivity index (χ4v) is 4.72. The number of nitrogens with zero attached hydrogens (tertiary/aromatic N) is 2. The molecule has 32 heavy (non-hydrogen) atoms. The van der Waals surface area contributed by atoms with Crippen molar-refractivity contribution in [1.82, 2.24) is 14.7 Å². The Balaban J connectivity index is 1.75. The van der Waals surface area contributed by atoms with Gasteiger partial charge in [-0.3, -0.25) is 9.52 Å². The molecule has 3 aromatic rings. The second kappa shape index (κ2) is 10.7. The Bertz CT molecular complexity index is 1190. The fourth-order valence-electron chi connectivity index (χ4n) is 2.71. The lowest BCUT2D eigenvalue weighted by molar-refractivity contribution is -0.135. The summed E-state index contributed by atoms with van der Waals surface area (Å²) in [5, 5.41) is 11.3. The molecule has 0 aliphatic rings. The molecule has 1 heterocycles. The van der Waals surface area contributed by atoms with E-state index in [1.807, 2.05) is 12.1 Å². The van der Waals surface area contributed by atoms with Crippen molar-refractivity contribution in [3.8, 4) is 11.5 Å². The molecule has 13 heteroatoms. The predicted octanol–water partition coefficient (Wildman–Crippen LogP) is 3.53. The van der Waals surface area contributed by atoms with Gasteiger partial charge in [-0.2, -0.15) is 4.37 Å². The third kappa shape index (κ3) is 6.36. The van der Waals surface area contributed by atoms with Gasteiger partial charge in [-0.1, -0.05) is 29.8 Å². The minimum atomic E-state index is -4.26. The quantitative estimate of drug-likeness (QED) is 0.341. The van der Waals surface area contributed by atoms with E-state index in [1.165, 1.54) is 6.33 Å². The van der Waals surface area contributed by atoms with Crippen molar-refractivity contribution in [3.05, 3.63) is 59.1 Å². The number of aryl methyl sites for hydroxylation is 1. The van der Waals surface area contributed by atoms with Crippen molar-refractivity contribution in [2.24, 2.45) is 0 Å². The number of hydrogen-bond acceptors (Lipinski definition) is 8. The Morgan fingerprint density at radius 2 is 2.03 bits per heavy atom. The van der Waals surface area contributed by atoms with Crippen LogP contribution >= 0.6 is 23.1 Å². The van der Waals surface area contributed by atoms with Gasteiger partial charge in [-0.15, -0.1) is 0 Å². The van der Waals surface area contributed by atoms with E-state index < -0.39 is 26.7 Å². The molecule has 0 spiro atoms. The van der Waals surface area contributed by atoms with Crippen molar-refractivity contribution in [1.29, 1.82) is 0 Å². The SMILES string of the molecule is O=C(O)CNCCCc1ccccc1Oc1cc(F)c(S(=O)(=O)Nc2ncns2)cc1Cl. The van der Waals surface area contributed by atoms with Crippen LogP contribution in [0.5, 0.6) is 11.5 Å². The van der Waals surface area contributed by atoms with Crippen LogP contribution in [0.2, 0.25) is 5.02 Å². The molecule has 0 unspecified atom stereocenters. The number of aromatic nitrogens is 2. The number of benzene rings is 2. The smallest absolute Gasteiger partial charge is 0.317 e. The summed E-state index contributed by atoms with van der Waals surface area (Å²) in [7, 11) is -4.26. The van der Waals surface area contributed by atoms with Crippen molar-refractivity contribution in [3.63, 3.8) is 0 Å². The minimum Gasteiger partial charge on any atom is -0.480 e. The van der Waals surface area contributed by atoms with Crippen LogP contribution in [-0.2, 0) is 21.2 Å². The zero-order chi connectivity index (χ0) is 23.1. The van der Waals surface area contributed by atoms with Crippen molar-refractivity contribution >= 4 is 44.3 Å². The van der Waals surface area contributed by atoms with E-state index >= 15 is 0 Å². The second-order valence-electron chi connectivity index (χ2n) is 6.45. The van der Waals surface area contributed by atoms with Crippen LogP contribution in [0, 0.1) is 5.82 Å². The van der Waals surface area contributed by atoms with E-state index in [2.05, 4.69) is 19.4 Å². The minimum absolute atomic E-state index is 0.00683. The Labute approximate surface area is 192 Å². The number of carboxylic acid groups (broad SMARTS) is 1. The van der Waals surface area contributed by atoms with Gasteiger partial charge in [0.1, 0.15) is 28.5 Å². The Hall–Kier alpha value is -2.80. The fraction of sp³-hybridized carbons (Fsp3) is 0.211. The number of nitrogens with one attached hydrogen (secondary N) is 2. The molecule has 0 atom stereocenters. The van der Waals surface area contributed by atoms with Crippen LogP contribution in [0.3, 0.4) is 0 Å². The highest BCUT2D eigenvalue weighted by atomic mass is 35.5. The van der Waals surface area contributed by atoms with Crippen LogP contribution < -0.4 is 14.8 Å². The number of anilines is 1. The summed E-state index contributed by atoms with van der Waals surface area (Å²) in [5.41, 5.74) is 0.802. The Morgan fingerprint density at radius 3 is 2.75 bits per heavy atom. The lowest BCUT2D eigenvalue weighted by Gasteiger charge is -2.14. The number of para-hydroxylation sites is 1. The van der Waals surface area contributed by atoms with Gasteiger partial charge in [-0.05, 0) is 37.1 Å².